The van der Waals surface area contributed by atoms with E-state index in [-0.39, 0.29) is 17.2 Å². The normalized spacial score (nSPS) is 11.2. The molecule has 3 nitrogen and oxygen atoms in total. The molecule has 0 radical (unpaired) electrons. The van der Waals surface area contributed by atoms with E-state index in [4.69, 9.17) is 21.1 Å². The largest absolute Gasteiger partial charge is 0.493 e. The van der Waals surface area contributed by atoms with Gasteiger partial charge in [-0.1, -0.05) is 17.7 Å². The zero-order valence-corrected chi connectivity index (χ0v) is 11.6. The van der Waals surface area contributed by atoms with Gasteiger partial charge in [-0.15, -0.1) is 0 Å². The van der Waals surface area contributed by atoms with Gasteiger partial charge >= 0.3 is 5.97 Å². The minimum atomic E-state index is -0.666. The average molecular weight is 275 g/mol. The summed E-state index contributed by atoms with van der Waals surface area (Å²) < 4.78 is 23.7. The highest BCUT2D eigenvalue weighted by molar-refractivity contribution is 6.30. The Morgan fingerprint density at radius 1 is 1.39 bits per heavy atom. The molecule has 0 saturated heterocycles. The van der Waals surface area contributed by atoms with Gasteiger partial charge in [0, 0.05) is 5.56 Å². The smallest absolute Gasteiger partial charge is 0.310 e. The molecule has 0 bridgehead atoms. The number of carbonyl (C=O) groups is 1. The molecule has 5 heteroatoms. The standard InChI is InChI=1S/C13H16ClFO3/c1-13(2,3)18-10(16)7-8-5-6-9(14)11(15)12(8)17-4/h5-6H,7H2,1-4H3. The molecule has 0 spiro atoms. The topological polar surface area (TPSA) is 35.5 Å². The first-order valence-electron chi connectivity index (χ1n) is 5.47. The number of halogens is 2. The Morgan fingerprint density at radius 2 is 2.00 bits per heavy atom. The first kappa shape index (κ1) is 14.8. The van der Waals surface area contributed by atoms with Crippen LogP contribution in [0, 0.1) is 5.82 Å². The van der Waals surface area contributed by atoms with E-state index < -0.39 is 17.4 Å². The number of esters is 1. The maximum atomic E-state index is 13.6. The van der Waals surface area contributed by atoms with Crippen LogP contribution in [0.3, 0.4) is 0 Å². The molecular weight excluding hydrogens is 259 g/mol. The van der Waals surface area contributed by atoms with Gasteiger partial charge in [0.2, 0.25) is 0 Å². The summed E-state index contributed by atoms with van der Waals surface area (Å²) in [6.07, 6.45) is -0.0610. The number of hydrogen-bond acceptors (Lipinski definition) is 3. The Labute approximate surface area is 111 Å². The molecule has 0 aliphatic heterocycles. The molecule has 0 fully saturated rings. The van der Waals surface area contributed by atoms with Crippen LogP contribution in [0.4, 0.5) is 4.39 Å². The molecule has 0 heterocycles. The van der Waals surface area contributed by atoms with E-state index in [0.717, 1.165) is 0 Å². The summed E-state index contributed by atoms with van der Waals surface area (Å²) >= 11 is 5.64. The second-order valence-corrected chi connectivity index (χ2v) is 5.22. The lowest BCUT2D eigenvalue weighted by atomic mass is 10.1. The molecule has 1 rings (SSSR count). The van der Waals surface area contributed by atoms with E-state index in [1.165, 1.54) is 13.2 Å². The molecule has 0 aliphatic rings. The molecule has 0 aromatic heterocycles. The number of methoxy groups -OCH3 is 1. The van der Waals surface area contributed by atoms with E-state index in [9.17, 15) is 9.18 Å². The average Bonchev–Trinajstić information content (AvgIpc) is 2.21. The molecular formula is C13H16ClFO3. The van der Waals surface area contributed by atoms with Crippen molar-refractivity contribution in [2.75, 3.05) is 7.11 Å². The number of hydrogen-bond donors (Lipinski definition) is 0. The van der Waals surface area contributed by atoms with Crippen LogP contribution in [0.25, 0.3) is 0 Å². The summed E-state index contributed by atoms with van der Waals surface area (Å²) in [5.41, 5.74) is -0.163. The monoisotopic (exact) mass is 274 g/mol. The minimum absolute atomic E-state index is 0.0200. The van der Waals surface area contributed by atoms with Crippen LogP contribution in [-0.2, 0) is 16.0 Å². The van der Waals surface area contributed by atoms with Crippen LogP contribution in [0.5, 0.6) is 5.75 Å². The highest BCUT2D eigenvalue weighted by Gasteiger charge is 2.20. The highest BCUT2D eigenvalue weighted by atomic mass is 35.5. The molecule has 0 unspecified atom stereocenters. The Morgan fingerprint density at radius 3 is 2.50 bits per heavy atom. The zero-order chi connectivity index (χ0) is 13.9. The summed E-state index contributed by atoms with van der Waals surface area (Å²) in [6, 6.07) is 2.94. The maximum Gasteiger partial charge on any atom is 0.310 e. The molecule has 0 atom stereocenters. The highest BCUT2D eigenvalue weighted by Crippen LogP contribution is 2.29. The first-order chi connectivity index (χ1) is 8.24. The van der Waals surface area contributed by atoms with E-state index >= 15 is 0 Å². The summed E-state index contributed by atoms with van der Waals surface area (Å²) in [5, 5.41) is -0.0419. The number of rotatable bonds is 3. The van der Waals surface area contributed by atoms with Gasteiger partial charge in [0.05, 0.1) is 18.6 Å². The van der Waals surface area contributed by atoms with E-state index in [1.807, 2.05) is 0 Å². The lowest BCUT2D eigenvalue weighted by Crippen LogP contribution is -2.25. The Balaban J connectivity index is 2.92. The van der Waals surface area contributed by atoms with E-state index in [2.05, 4.69) is 0 Å². The second-order valence-electron chi connectivity index (χ2n) is 4.82. The van der Waals surface area contributed by atoms with Crippen molar-refractivity contribution in [3.63, 3.8) is 0 Å². The van der Waals surface area contributed by atoms with Crippen LogP contribution in [-0.4, -0.2) is 18.7 Å². The van der Waals surface area contributed by atoms with Crippen LogP contribution in [0.1, 0.15) is 26.3 Å². The predicted octanol–water partition coefficient (Wildman–Crippen LogP) is 3.37. The summed E-state index contributed by atoms with van der Waals surface area (Å²) in [5.74, 6) is -1.13. The van der Waals surface area contributed by atoms with Crippen molar-refractivity contribution in [1.82, 2.24) is 0 Å². The zero-order valence-electron chi connectivity index (χ0n) is 10.8. The maximum absolute atomic E-state index is 13.6. The van der Waals surface area contributed by atoms with Gasteiger partial charge in [-0.05, 0) is 26.8 Å². The van der Waals surface area contributed by atoms with Crippen LogP contribution in [0.2, 0.25) is 5.02 Å². The summed E-state index contributed by atoms with van der Waals surface area (Å²) in [6.45, 7) is 5.31. The van der Waals surface area contributed by atoms with Gasteiger partial charge in [0.15, 0.2) is 11.6 Å². The lowest BCUT2D eigenvalue weighted by Gasteiger charge is -2.20. The Bertz CT molecular complexity index is 452. The van der Waals surface area contributed by atoms with Gasteiger partial charge in [-0.2, -0.15) is 0 Å². The van der Waals surface area contributed by atoms with Crippen LogP contribution in [0.15, 0.2) is 12.1 Å². The van der Waals surface area contributed by atoms with Crippen molar-refractivity contribution in [3.8, 4) is 5.75 Å². The number of ether oxygens (including phenoxy) is 2. The third-order valence-electron chi connectivity index (χ3n) is 2.09. The lowest BCUT2D eigenvalue weighted by molar-refractivity contribution is -0.153. The fourth-order valence-electron chi connectivity index (χ4n) is 1.47. The van der Waals surface area contributed by atoms with Crippen LogP contribution >= 0.6 is 11.6 Å². The summed E-state index contributed by atoms with van der Waals surface area (Å²) in [7, 11) is 1.33. The first-order valence-corrected chi connectivity index (χ1v) is 5.85. The van der Waals surface area contributed by atoms with Crippen molar-refractivity contribution in [2.45, 2.75) is 32.8 Å². The third kappa shape index (κ3) is 3.88. The predicted molar refractivity (Wildman–Crippen MR) is 67.5 cm³/mol. The molecule has 100 valence electrons. The van der Waals surface area contributed by atoms with Crippen molar-refractivity contribution in [2.24, 2.45) is 0 Å². The molecule has 0 amide bonds. The van der Waals surface area contributed by atoms with Crippen molar-refractivity contribution in [3.05, 3.63) is 28.5 Å². The summed E-state index contributed by atoms with van der Waals surface area (Å²) in [4.78, 5) is 11.7. The third-order valence-corrected chi connectivity index (χ3v) is 2.38. The molecule has 18 heavy (non-hydrogen) atoms. The molecule has 1 aromatic carbocycles. The minimum Gasteiger partial charge on any atom is -0.493 e. The van der Waals surface area contributed by atoms with Gasteiger partial charge < -0.3 is 9.47 Å². The van der Waals surface area contributed by atoms with Crippen molar-refractivity contribution >= 4 is 17.6 Å². The fraction of sp³-hybridized carbons (Fsp3) is 0.462. The van der Waals surface area contributed by atoms with Gasteiger partial charge in [-0.3, -0.25) is 4.79 Å². The van der Waals surface area contributed by atoms with E-state index in [0.29, 0.717) is 5.56 Å². The van der Waals surface area contributed by atoms with Gasteiger partial charge in [0.1, 0.15) is 5.60 Å². The number of benzene rings is 1. The van der Waals surface area contributed by atoms with Crippen LogP contribution < -0.4 is 4.74 Å². The van der Waals surface area contributed by atoms with Crippen molar-refractivity contribution in [1.29, 1.82) is 0 Å². The Hall–Kier alpha value is -1.29. The molecule has 0 aliphatic carbocycles. The fourth-order valence-corrected chi connectivity index (χ4v) is 1.61. The second kappa shape index (κ2) is 5.57. The van der Waals surface area contributed by atoms with Crippen molar-refractivity contribution < 1.29 is 18.7 Å². The molecule has 1 aromatic rings. The Kier molecular flexibility index (Phi) is 4.57. The van der Waals surface area contributed by atoms with Gasteiger partial charge in [-0.25, -0.2) is 4.39 Å². The quantitative estimate of drug-likeness (QED) is 0.793. The molecule has 0 saturated carbocycles. The van der Waals surface area contributed by atoms with Gasteiger partial charge in [0.25, 0.3) is 0 Å². The SMILES string of the molecule is COc1c(CC(=O)OC(C)(C)C)ccc(Cl)c1F. The molecule has 0 N–H and O–H groups in total. The van der Waals surface area contributed by atoms with E-state index in [1.54, 1.807) is 26.8 Å². The number of carbonyl (C=O) groups excluding carboxylic acids is 1.